The van der Waals surface area contributed by atoms with E-state index in [1.807, 2.05) is 37.3 Å². The lowest BCUT2D eigenvalue weighted by molar-refractivity contribution is -0.136. The Labute approximate surface area is 215 Å². The van der Waals surface area contributed by atoms with Crippen molar-refractivity contribution in [3.05, 3.63) is 35.9 Å². The average molecular weight is 504 g/mol. The number of aliphatic hydroxyl groups is 1. The number of rotatable bonds is 12. The van der Waals surface area contributed by atoms with E-state index < -0.39 is 35.7 Å². The van der Waals surface area contributed by atoms with Gasteiger partial charge in [-0.15, -0.1) is 0 Å². The summed E-state index contributed by atoms with van der Waals surface area (Å²) in [6, 6.07) is 8.97. The molecular formula is C28H45N3O5. The van der Waals surface area contributed by atoms with Gasteiger partial charge in [-0.1, -0.05) is 75.8 Å². The highest BCUT2D eigenvalue weighted by atomic mass is 16.6. The van der Waals surface area contributed by atoms with Gasteiger partial charge in [-0.25, -0.2) is 4.79 Å². The number of nitrogens with one attached hydrogen (secondary N) is 3. The summed E-state index contributed by atoms with van der Waals surface area (Å²) in [5, 5.41) is 19.4. The molecule has 202 valence electrons. The first-order chi connectivity index (χ1) is 17.1. The van der Waals surface area contributed by atoms with Crippen molar-refractivity contribution in [2.24, 2.45) is 11.8 Å². The van der Waals surface area contributed by atoms with Gasteiger partial charge in [0.25, 0.3) is 0 Å². The number of aliphatic hydroxyl groups excluding tert-OH is 1. The summed E-state index contributed by atoms with van der Waals surface area (Å²) in [5.41, 5.74) is 0.301. The topological polar surface area (TPSA) is 117 Å². The lowest BCUT2D eigenvalue weighted by atomic mass is 9.83. The number of carbonyl (C=O) groups is 3. The molecule has 0 radical (unpaired) electrons. The first-order valence-corrected chi connectivity index (χ1v) is 13.4. The van der Waals surface area contributed by atoms with Crippen molar-refractivity contribution in [1.82, 2.24) is 16.0 Å². The fourth-order valence-electron chi connectivity index (χ4n) is 4.60. The third kappa shape index (κ3) is 11.0. The molecule has 1 fully saturated rings. The summed E-state index contributed by atoms with van der Waals surface area (Å²) in [6.45, 7) is 7.57. The largest absolute Gasteiger partial charge is 0.444 e. The Morgan fingerprint density at radius 2 is 1.67 bits per heavy atom. The lowest BCUT2D eigenvalue weighted by Crippen LogP contribution is -2.51. The highest BCUT2D eigenvalue weighted by molar-refractivity contribution is 6.00. The van der Waals surface area contributed by atoms with Gasteiger partial charge in [0, 0.05) is 13.1 Å². The maximum Gasteiger partial charge on any atom is 0.407 e. The Morgan fingerprint density at radius 3 is 2.28 bits per heavy atom. The van der Waals surface area contributed by atoms with Gasteiger partial charge in [0.2, 0.25) is 11.8 Å². The van der Waals surface area contributed by atoms with Crippen molar-refractivity contribution in [2.75, 3.05) is 6.54 Å². The molecule has 3 atom stereocenters. The van der Waals surface area contributed by atoms with Crippen LogP contribution in [-0.4, -0.2) is 47.3 Å². The van der Waals surface area contributed by atoms with Crippen molar-refractivity contribution in [1.29, 1.82) is 0 Å². The van der Waals surface area contributed by atoms with Gasteiger partial charge >= 0.3 is 6.09 Å². The minimum absolute atomic E-state index is 0.0573. The minimum Gasteiger partial charge on any atom is -0.444 e. The number of carbonyl (C=O) groups excluding carboxylic acids is 3. The molecule has 0 bridgehead atoms. The second kappa shape index (κ2) is 14.8. The Morgan fingerprint density at radius 1 is 1.03 bits per heavy atom. The molecule has 1 aliphatic carbocycles. The van der Waals surface area contributed by atoms with Crippen LogP contribution in [-0.2, 0) is 20.9 Å². The van der Waals surface area contributed by atoms with Gasteiger partial charge in [-0.3, -0.25) is 9.59 Å². The quantitative estimate of drug-likeness (QED) is 0.321. The first-order valence-electron chi connectivity index (χ1n) is 13.4. The van der Waals surface area contributed by atoms with Crippen LogP contribution >= 0.6 is 0 Å². The van der Waals surface area contributed by atoms with Crippen LogP contribution in [0.2, 0.25) is 0 Å². The lowest BCUT2D eigenvalue weighted by Gasteiger charge is -2.31. The maximum absolute atomic E-state index is 12.9. The Balaban J connectivity index is 1.96. The van der Waals surface area contributed by atoms with Crippen molar-refractivity contribution in [3.8, 4) is 0 Å². The molecule has 8 nitrogen and oxygen atoms in total. The third-order valence-corrected chi connectivity index (χ3v) is 6.48. The molecule has 1 aromatic rings. The Bertz CT molecular complexity index is 818. The fraction of sp³-hybridized carbons (Fsp3) is 0.679. The van der Waals surface area contributed by atoms with Crippen LogP contribution < -0.4 is 16.0 Å². The monoisotopic (exact) mass is 503 g/mol. The molecule has 3 unspecified atom stereocenters. The summed E-state index contributed by atoms with van der Waals surface area (Å²) >= 11 is 0. The molecule has 1 aromatic carbocycles. The molecule has 0 saturated heterocycles. The van der Waals surface area contributed by atoms with Crippen LogP contribution in [0.3, 0.4) is 0 Å². The predicted molar refractivity (Wildman–Crippen MR) is 140 cm³/mol. The number of ether oxygens (including phenoxy) is 1. The molecule has 0 heterocycles. The van der Waals surface area contributed by atoms with E-state index in [0.717, 1.165) is 31.2 Å². The number of alkyl carbamates (subject to hydrolysis) is 1. The van der Waals surface area contributed by atoms with Crippen LogP contribution in [0.5, 0.6) is 0 Å². The van der Waals surface area contributed by atoms with Gasteiger partial charge in [0.1, 0.15) is 11.5 Å². The summed E-state index contributed by atoms with van der Waals surface area (Å²) in [7, 11) is 0. The van der Waals surface area contributed by atoms with E-state index >= 15 is 0 Å². The number of amides is 3. The van der Waals surface area contributed by atoms with E-state index in [9.17, 15) is 19.5 Å². The van der Waals surface area contributed by atoms with E-state index in [-0.39, 0.29) is 12.5 Å². The summed E-state index contributed by atoms with van der Waals surface area (Å²) in [5.74, 6) is -1.20. The van der Waals surface area contributed by atoms with Gasteiger partial charge in [-0.05, 0) is 45.1 Å². The van der Waals surface area contributed by atoms with Crippen molar-refractivity contribution in [3.63, 3.8) is 0 Å². The summed E-state index contributed by atoms with van der Waals surface area (Å²) in [4.78, 5) is 38.1. The zero-order valence-electron chi connectivity index (χ0n) is 22.3. The molecule has 3 amide bonds. The Hall–Kier alpha value is -2.61. The smallest absolute Gasteiger partial charge is 0.407 e. The minimum atomic E-state index is -1.00. The molecule has 1 saturated carbocycles. The van der Waals surface area contributed by atoms with Crippen molar-refractivity contribution < 1.29 is 24.2 Å². The zero-order chi connectivity index (χ0) is 26.6. The second-order valence-corrected chi connectivity index (χ2v) is 10.8. The average Bonchev–Trinajstić information content (AvgIpc) is 2.84. The highest BCUT2D eigenvalue weighted by Crippen LogP contribution is 2.28. The molecule has 0 spiro atoms. The molecule has 0 aliphatic heterocycles. The van der Waals surface area contributed by atoms with Crippen LogP contribution in [0.15, 0.2) is 30.3 Å². The summed E-state index contributed by atoms with van der Waals surface area (Å²) < 4.78 is 5.40. The van der Waals surface area contributed by atoms with Crippen LogP contribution in [0.25, 0.3) is 0 Å². The van der Waals surface area contributed by atoms with E-state index in [0.29, 0.717) is 31.7 Å². The molecule has 4 N–H and O–H groups in total. The molecule has 8 heteroatoms. The Kier molecular flexibility index (Phi) is 12.2. The third-order valence-electron chi connectivity index (χ3n) is 6.48. The zero-order valence-corrected chi connectivity index (χ0v) is 22.3. The van der Waals surface area contributed by atoms with Crippen LogP contribution in [0, 0.1) is 11.8 Å². The first kappa shape index (κ1) is 29.6. The maximum atomic E-state index is 12.9. The second-order valence-electron chi connectivity index (χ2n) is 10.8. The molecule has 36 heavy (non-hydrogen) atoms. The van der Waals surface area contributed by atoms with Crippen molar-refractivity contribution in [2.45, 2.75) is 103 Å². The van der Waals surface area contributed by atoms with E-state index in [1.165, 1.54) is 6.42 Å². The van der Waals surface area contributed by atoms with Gasteiger partial charge in [0.15, 0.2) is 0 Å². The van der Waals surface area contributed by atoms with Crippen LogP contribution in [0.1, 0.15) is 84.6 Å². The normalized spacial score (nSPS) is 16.9. The summed E-state index contributed by atoms with van der Waals surface area (Å²) in [6.07, 6.45) is 5.74. The van der Waals surface area contributed by atoms with Crippen LogP contribution in [0.4, 0.5) is 4.79 Å². The van der Waals surface area contributed by atoms with Gasteiger partial charge in [-0.2, -0.15) is 0 Å². The molecular weight excluding hydrogens is 458 g/mol. The highest BCUT2D eigenvalue weighted by Gasteiger charge is 2.30. The van der Waals surface area contributed by atoms with E-state index in [2.05, 4.69) is 16.0 Å². The predicted octanol–water partition coefficient (Wildman–Crippen LogP) is 4.06. The van der Waals surface area contributed by atoms with E-state index in [1.54, 1.807) is 20.8 Å². The fourth-order valence-corrected chi connectivity index (χ4v) is 4.60. The van der Waals surface area contributed by atoms with E-state index in [4.69, 9.17) is 4.74 Å². The van der Waals surface area contributed by atoms with Crippen molar-refractivity contribution >= 4 is 17.9 Å². The molecule has 2 rings (SSSR count). The standard InChI is InChI=1S/C28H45N3O5/c1-5-12-22(25(33)29-18-21-15-10-7-11-16-21)26(34)30-19-24(32)23(17-20-13-8-6-9-14-20)31-27(35)36-28(2,3)4/h7,10-11,15-16,20,22-24,32H,5-6,8-9,12-14,17-19H2,1-4H3,(H,29,33)(H,30,34)(H,31,35). The van der Waals surface area contributed by atoms with Gasteiger partial charge in [0.05, 0.1) is 12.1 Å². The van der Waals surface area contributed by atoms with Gasteiger partial charge < -0.3 is 25.8 Å². The number of benzene rings is 1. The SMILES string of the molecule is CCCC(C(=O)NCc1ccccc1)C(=O)NCC(O)C(CC1CCCCC1)NC(=O)OC(C)(C)C. The molecule has 1 aliphatic rings. The number of hydrogen-bond acceptors (Lipinski definition) is 5. The molecule has 0 aromatic heterocycles. The number of hydrogen-bond donors (Lipinski definition) is 4.